The molecule has 0 spiro atoms. The molecule has 0 radical (unpaired) electrons. The highest BCUT2D eigenvalue weighted by atomic mass is 16.4. The topological polar surface area (TPSA) is 79.3 Å². The molecule has 5 heteroatoms. The van der Waals surface area contributed by atoms with E-state index in [1.807, 2.05) is 12.1 Å². The number of carbonyl (C=O) groups is 2. The Labute approximate surface area is 116 Å². The van der Waals surface area contributed by atoms with Gasteiger partial charge in [-0.15, -0.1) is 0 Å². The minimum atomic E-state index is -0.851. The van der Waals surface area contributed by atoms with Crippen LogP contribution in [0.2, 0.25) is 0 Å². The standard InChI is InChI=1S/C15H16N2O3/c1-10(15(19)20)6-8-17-14(18)12-4-5-13-11(9-12)3-2-7-16-13/h2-5,7,9-10H,6,8H2,1H3,(H,17,18)(H,19,20). The number of carboxylic acid groups (broad SMARTS) is 1. The van der Waals surface area contributed by atoms with E-state index in [0.29, 0.717) is 18.5 Å². The summed E-state index contributed by atoms with van der Waals surface area (Å²) in [6, 6.07) is 9.00. The first-order valence-electron chi connectivity index (χ1n) is 6.43. The predicted octanol–water partition coefficient (Wildman–Crippen LogP) is 2.08. The van der Waals surface area contributed by atoms with Crippen molar-refractivity contribution in [1.29, 1.82) is 0 Å². The SMILES string of the molecule is CC(CCNC(=O)c1ccc2ncccc2c1)C(=O)O. The lowest BCUT2D eigenvalue weighted by atomic mass is 10.1. The van der Waals surface area contributed by atoms with Crippen LogP contribution in [0.1, 0.15) is 23.7 Å². The highest BCUT2D eigenvalue weighted by molar-refractivity contribution is 5.97. The fourth-order valence-electron chi connectivity index (χ4n) is 1.84. The lowest BCUT2D eigenvalue weighted by Gasteiger charge is -2.08. The van der Waals surface area contributed by atoms with Gasteiger partial charge in [0.2, 0.25) is 0 Å². The van der Waals surface area contributed by atoms with Crippen molar-refractivity contribution in [2.24, 2.45) is 5.92 Å². The number of carboxylic acids is 1. The average molecular weight is 272 g/mol. The van der Waals surface area contributed by atoms with Crippen molar-refractivity contribution in [3.8, 4) is 0 Å². The summed E-state index contributed by atoms with van der Waals surface area (Å²) < 4.78 is 0. The van der Waals surface area contributed by atoms with E-state index in [2.05, 4.69) is 10.3 Å². The molecular formula is C15H16N2O3. The third-order valence-electron chi connectivity index (χ3n) is 3.15. The molecule has 0 saturated heterocycles. The quantitative estimate of drug-likeness (QED) is 0.873. The number of nitrogens with zero attached hydrogens (tertiary/aromatic N) is 1. The Morgan fingerprint density at radius 1 is 1.35 bits per heavy atom. The van der Waals surface area contributed by atoms with Gasteiger partial charge in [0.05, 0.1) is 11.4 Å². The third kappa shape index (κ3) is 3.32. The normalized spacial score (nSPS) is 12.1. The van der Waals surface area contributed by atoms with Gasteiger partial charge in [-0.2, -0.15) is 0 Å². The molecule has 1 aromatic carbocycles. The van der Waals surface area contributed by atoms with Crippen LogP contribution in [0.25, 0.3) is 10.9 Å². The van der Waals surface area contributed by atoms with Crippen molar-refractivity contribution < 1.29 is 14.7 Å². The van der Waals surface area contributed by atoms with Crippen molar-refractivity contribution in [2.45, 2.75) is 13.3 Å². The van der Waals surface area contributed by atoms with Crippen molar-refractivity contribution in [3.63, 3.8) is 0 Å². The Morgan fingerprint density at radius 3 is 2.90 bits per heavy atom. The van der Waals surface area contributed by atoms with Gasteiger partial charge in [0, 0.05) is 23.7 Å². The molecule has 1 unspecified atom stereocenters. The van der Waals surface area contributed by atoms with Gasteiger partial charge in [0.1, 0.15) is 0 Å². The number of pyridine rings is 1. The molecule has 0 aliphatic carbocycles. The number of aromatic nitrogens is 1. The van der Waals surface area contributed by atoms with Crippen LogP contribution >= 0.6 is 0 Å². The smallest absolute Gasteiger partial charge is 0.306 e. The fourth-order valence-corrected chi connectivity index (χ4v) is 1.84. The van der Waals surface area contributed by atoms with E-state index in [9.17, 15) is 9.59 Å². The second-order valence-electron chi connectivity index (χ2n) is 4.69. The molecule has 0 aliphatic rings. The number of amides is 1. The number of fused-ring (bicyclic) bond motifs is 1. The van der Waals surface area contributed by atoms with Crippen molar-refractivity contribution in [1.82, 2.24) is 10.3 Å². The van der Waals surface area contributed by atoms with Crippen molar-refractivity contribution in [2.75, 3.05) is 6.54 Å². The first-order chi connectivity index (χ1) is 9.58. The number of hydrogen-bond donors (Lipinski definition) is 2. The van der Waals surface area contributed by atoms with Crippen LogP contribution in [0.4, 0.5) is 0 Å². The fraction of sp³-hybridized carbons (Fsp3) is 0.267. The Balaban J connectivity index is 1.99. The summed E-state index contributed by atoms with van der Waals surface area (Å²) in [5, 5.41) is 12.4. The molecule has 1 heterocycles. The van der Waals surface area contributed by atoms with Crippen LogP contribution in [0.15, 0.2) is 36.5 Å². The molecule has 104 valence electrons. The van der Waals surface area contributed by atoms with Crippen LogP contribution in [0, 0.1) is 5.92 Å². The van der Waals surface area contributed by atoms with Gasteiger partial charge < -0.3 is 10.4 Å². The van der Waals surface area contributed by atoms with Gasteiger partial charge in [0.15, 0.2) is 0 Å². The van der Waals surface area contributed by atoms with Gasteiger partial charge in [-0.1, -0.05) is 13.0 Å². The maximum atomic E-state index is 12.0. The maximum Gasteiger partial charge on any atom is 0.306 e. The summed E-state index contributed by atoms with van der Waals surface area (Å²) in [4.78, 5) is 26.8. The Hall–Kier alpha value is -2.43. The van der Waals surface area contributed by atoms with E-state index < -0.39 is 11.9 Å². The molecule has 2 aromatic rings. The summed E-state index contributed by atoms with van der Waals surface area (Å²) in [6.07, 6.45) is 2.12. The molecule has 0 saturated carbocycles. The zero-order valence-corrected chi connectivity index (χ0v) is 11.2. The minimum Gasteiger partial charge on any atom is -0.481 e. The lowest BCUT2D eigenvalue weighted by molar-refractivity contribution is -0.141. The van der Waals surface area contributed by atoms with Gasteiger partial charge in [-0.3, -0.25) is 14.6 Å². The Morgan fingerprint density at radius 2 is 2.15 bits per heavy atom. The third-order valence-corrected chi connectivity index (χ3v) is 3.15. The number of hydrogen-bond acceptors (Lipinski definition) is 3. The minimum absolute atomic E-state index is 0.201. The molecule has 1 amide bonds. The molecule has 0 fully saturated rings. The van der Waals surface area contributed by atoms with E-state index >= 15 is 0 Å². The van der Waals surface area contributed by atoms with Gasteiger partial charge in [-0.05, 0) is 30.7 Å². The zero-order valence-electron chi connectivity index (χ0n) is 11.2. The van der Waals surface area contributed by atoms with Crippen molar-refractivity contribution >= 4 is 22.8 Å². The highest BCUT2D eigenvalue weighted by Crippen LogP contribution is 2.13. The zero-order chi connectivity index (χ0) is 14.5. The van der Waals surface area contributed by atoms with Crippen LogP contribution in [0.5, 0.6) is 0 Å². The molecule has 20 heavy (non-hydrogen) atoms. The average Bonchev–Trinajstić information content (AvgIpc) is 2.46. The molecule has 5 nitrogen and oxygen atoms in total. The summed E-state index contributed by atoms with van der Waals surface area (Å²) in [7, 11) is 0. The second kappa shape index (κ2) is 6.14. The summed E-state index contributed by atoms with van der Waals surface area (Å²) in [6.45, 7) is 1.97. The molecule has 1 atom stereocenters. The number of rotatable bonds is 5. The van der Waals surface area contributed by atoms with Gasteiger partial charge in [0.25, 0.3) is 5.91 Å². The number of benzene rings is 1. The first-order valence-corrected chi connectivity index (χ1v) is 6.43. The van der Waals surface area contributed by atoms with E-state index in [1.165, 1.54) is 0 Å². The number of nitrogens with one attached hydrogen (secondary N) is 1. The molecule has 2 rings (SSSR count). The molecule has 1 aromatic heterocycles. The van der Waals surface area contributed by atoms with Crippen LogP contribution in [-0.4, -0.2) is 28.5 Å². The van der Waals surface area contributed by atoms with E-state index in [1.54, 1.807) is 31.3 Å². The largest absolute Gasteiger partial charge is 0.481 e. The van der Waals surface area contributed by atoms with Crippen LogP contribution in [-0.2, 0) is 4.79 Å². The predicted molar refractivity (Wildman–Crippen MR) is 75.5 cm³/mol. The molecule has 0 aliphatic heterocycles. The van der Waals surface area contributed by atoms with Crippen LogP contribution in [0.3, 0.4) is 0 Å². The lowest BCUT2D eigenvalue weighted by Crippen LogP contribution is -2.27. The molecule has 0 bridgehead atoms. The maximum absolute atomic E-state index is 12.0. The summed E-state index contributed by atoms with van der Waals surface area (Å²) in [5.41, 5.74) is 1.39. The number of aliphatic carboxylic acids is 1. The monoisotopic (exact) mass is 272 g/mol. The summed E-state index contributed by atoms with van der Waals surface area (Å²) in [5.74, 6) is -1.51. The van der Waals surface area contributed by atoms with Crippen LogP contribution < -0.4 is 5.32 Å². The Kier molecular flexibility index (Phi) is 4.30. The van der Waals surface area contributed by atoms with Gasteiger partial charge >= 0.3 is 5.97 Å². The molecule has 2 N–H and O–H groups in total. The summed E-state index contributed by atoms with van der Waals surface area (Å²) >= 11 is 0. The molecular weight excluding hydrogens is 256 g/mol. The Bertz CT molecular complexity index is 640. The van der Waals surface area contributed by atoms with Crippen molar-refractivity contribution in [3.05, 3.63) is 42.1 Å². The van der Waals surface area contributed by atoms with E-state index in [-0.39, 0.29) is 5.91 Å². The highest BCUT2D eigenvalue weighted by Gasteiger charge is 2.11. The number of carbonyl (C=O) groups excluding carboxylic acids is 1. The van der Waals surface area contributed by atoms with E-state index in [0.717, 1.165) is 10.9 Å². The second-order valence-corrected chi connectivity index (χ2v) is 4.69. The van der Waals surface area contributed by atoms with E-state index in [4.69, 9.17) is 5.11 Å². The van der Waals surface area contributed by atoms with Gasteiger partial charge in [-0.25, -0.2) is 0 Å². The first kappa shape index (κ1) is 14.0.